The van der Waals surface area contributed by atoms with Gasteiger partial charge in [-0.1, -0.05) is 30.4 Å². The molecule has 2 saturated heterocycles. The fraction of sp³-hybridized carbons (Fsp3) is 0.472. The minimum Gasteiger partial charge on any atom is -0.504 e. The summed E-state index contributed by atoms with van der Waals surface area (Å²) >= 11 is 0. The summed E-state index contributed by atoms with van der Waals surface area (Å²) in [5, 5.41) is 41.3. The molecule has 4 heterocycles. The van der Waals surface area contributed by atoms with Crippen LogP contribution in [0.5, 0.6) is 17.2 Å². The van der Waals surface area contributed by atoms with Gasteiger partial charge in [0.2, 0.25) is 0 Å². The number of hydrogen-bond donors (Lipinski definition) is 4. The van der Waals surface area contributed by atoms with E-state index in [2.05, 4.69) is 29.0 Å². The SMILES string of the molecule is CN1CC[C@@]23C4=CC=C(CO)[C@@H]2Oc2c(CO)ccc(c23)C[C@H]41.CN1CC[C@]23c4c5ccc(O)c4O[C@H]2C(=O)C=C[C@@]3(O)[C@H]1C5. The van der Waals surface area contributed by atoms with Crippen molar-refractivity contribution in [1.82, 2.24) is 9.80 Å². The van der Waals surface area contributed by atoms with Gasteiger partial charge in [-0.05, 0) is 93.4 Å². The third-order valence-corrected chi connectivity index (χ3v) is 12.4. The molecule has 4 N–H and O–H groups in total. The summed E-state index contributed by atoms with van der Waals surface area (Å²) in [6.07, 6.45) is 9.84. The van der Waals surface area contributed by atoms with Crippen LogP contribution in [-0.4, -0.2) is 99.7 Å². The lowest BCUT2D eigenvalue weighted by atomic mass is 9.51. The van der Waals surface area contributed by atoms with Crippen LogP contribution in [0.1, 0.15) is 40.7 Å². The standard InChI is InChI=1S/C19H21NO3.C17H17NO4/c1-20-7-6-19-14-5-4-13(10-22)18(19)23-17-12(9-21)3-2-11(16(17)19)8-15(14)20;1-18-7-6-16-13-9-2-3-10(19)14(13)22-15(16)11(20)4-5-17(16,21)12(18)8-9/h2-5,15,18,21-22H,6-10H2,1H3;2-5,12,15,19,21H,6-8H2,1H3/t15-,18+,19+;12-,15+,16+,17-/m11/s1. The number of allylic oxidation sites excluding steroid dienone is 2. The zero-order valence-corrected chi connectivity index (χ0v) is 25.5. The van der Waals surface area contributed by atoms with E-state index in [1.165, 1.54) is 22.8 Å². The molecular formula is C36H38N2O7. The van der Waals surface area contributed by atoms with E-state index < -0.39 is 17.1 Å². The zero-order chi connectivity index (χ0) is 31.0. The van der Waals surface area contributed by atoms with E-state index >= 15 is 0 Å². The molecular weight excluding hydrogens is 572 g/mol. The van der Waals surface area contributed by atoms with Crippen LogP contribution in [0.3, 0.4) is 0 Å². The number of carbonyl (C=O) groups is 1. The van der Waals surface area contributed by atoms with Crippen LogP contribution in [0.2, 0.25) is 0 Å². The van der Waals surface area contributed by atoms with Crippen LogP contribution in [0.25, 0.3) is 0 Å². The van der Waals surface area contributed by atoms with Crippen molar-refractivity contribution in [1.29, 1.82) is 0 Å². The van der Waals surface area contributed by atoms with Crippen molar-refractivity contribution in [3.05, 3.63) is 87.5 Å². The highest BCUT2D eigenvalue weighted by molar-refractivity contribution is 5.99. The van der Waals surface area contributed by atoms with Gasteiger partial charge in [0.25, 0.3) is 0 Å². The lowest BCUT2D eigenvalue weighted by Crippen LogP contribution is -2.74. The van der Waals surface area contributed by atoms with E-state index in [0.29, 0.717) is 24.6 Å². The first-order chi connectivity index (χ1) is 21.7. The van der Waals surface area contributed by atoms with Crippen LogP contribution >= 0.6 is 0 Å². The number of phenols is 1. The van der Waals surface area contributed by atoms with Gasteiger partial charge in [-0.2, -0.15) is 0 Å². The molecule has 8 aliphatic rings. The quantitative estimate of drug-likeness (QED) is 0.403. The Bertz CT molecular complexity index is 1780. The third kappa shape index (κ3) is 3.14. The summed E-state index contributed by atoms with van der Waals surface area (Å²) in [4.78, 5) is 17.0. The summed E-state index contributed by atoms with van der Waals surface area (Å²) in [6, 6.07) is 8.01. The van der Waals surface area contributed by atoms with Gasteiger partial charge in [-0.15, -0.1) is 0 Å². The summed E-state index contributed by atoms with van der Waals surface area (Å²) in [7, 11) is 4.21. The number of nitrogens with zero attached hydrogens (tertiary/aromatic N) is 2. The average Bonchev–Trinajstić information content (AvgIpc) is 3.58. The van der Waals surface area contributed by atoms with Gasteiger partial charge >= 0.3 is 0 Å². The van der Waals surface area contributed by atoms with Crippen molar-refractivity contribution >= 4 is 5.78 Å². The Morgan fingerprint density at radius 3 is 2.44 bits per heavy atom. The Balaban J connectivity index is 0.000000125. The molecule has 4 aliphatic heterocycles. The van der Waals surface area contributed by atoms with E-state index in [9.17, 15) is 25.2 Å². The molecule has 0 saturated carbocycles. The van der Waals surface area contributed by atoms with E-state index in [1.54, 1.807) is 12.1 Å². The van der Waals surface area contributed by atoms with Crippen LogP contribution < -0.4 is 9.47 Å². The molecule has 0 amide bonds. The molecule has 2 fully saturated rings. The molecule has 2 aromatic carbocycles. The summed E-state index contributed by atoms with van der Waals surface area (Å²) in [5.41, 5.74) is 5.74. The predicted molar refractivity (Wildman–Crippen MR) is 164 cm³/mol. The lowest BCUT2D eigenvalue weighted by molar-refractivity contribution is -0.151. The van der Waals surface area contributed by atoms with Gasteiger partial charge in [0.05, 0.1) is 24.0 Å². The molecule has 0 unspecified atom stereocenters. The number of rotatable bonds is 2. The fourth-order valence-electron chi connectivity index (χ4n) is 10.3. The van der Waals surface area contributed by atoms with Crippen LogP contribution in [0, 0.1) is 0 Å². The van der Waals surface area contributed by atoms with Gasteiger partial charge in [0.15, 0.2) is 23.4 Å². The maximum atomic E-state index is 12.4. The summed E-state index contributed by atoms with van der Waals surface area (Å²) in [5.74, 6) is 1.18. The summed E-state index contributed by atoms with van der Waals surface area (Å²) in [6.45, 7) is 1.84. The molecule has 9 nitrogen and oxygen atoms in total. The number of benzene rings is 2. The van der Waals surface area contributed by atoms with Crippen molar-refractivity contribution in [2.45, 2.75) is 73.0 Å². The highest BCUT2D eigenvalue weighted by Gasteiger charge is 2.71. The maximum Gasteiger partial charge on any atom is 0.196 e. The van der Waals surface area contributed by atoms with Crippen molar-refractivity contribution in [3.63, 3.8) is 0 Å². The van der Waals surface area contributed by atoms with Gasteiger partial charge in [0.1, 0.15) is 17.5 Å². The molecule has 2 aromatic rings. The second-order valence-corrected chi connectivity index (χ2v) is 14.1. The van der Waals surface area contributed by atoms with Crippen molar-refractivity contribution in [2.75, 3.05) is 33.8 Å². The zero-order valence-electron chi connectivity index (χ0n) is 25.5. The number of likely N-dealkylation sites (N-methyl/N-ethyl adjacent to an activating group) is 2. The van der Waals surface area contributed by atoms with E-state index in [0.717, 1.165) is 53.9 Å². The molecule has 10 rings (SSSR count). The van der Waals surface area contributed by atoms with E-state index in [-0.39, 0.29) is 42.3 Å². The Kier molecular flexibility index (Phi) is 5.61. The Morgan fingerprint density at radius 2 is 1.64 bits per heavy atom. The van der Waals surface area contributed by atoms with Gasteiger partial charge in [-0.3, -0.25) is 14.6 Å². The monoisotopic (exact) mass is 610 g/mol. The van der Waals surface area contributed by atoms with E-state index in [1.807, 2.05) is 25.3 Å². The van der Waals surface area contributed by atoms with Crippen LogP contribution in [0.15, 0.2) is 59.7 Å². The molecule has 4 aliphatic carbocycles. The normalized spacial score (nSPS) is 37.4. The van der Waals surface area contributed by atoms with Gasteiger partial charge in [-0.25, -0.2) is 0 Å². The van der Waals surface area contributed by atoms with E-state index in [4.69, 9.17) is 9.47 Å². The average molecular weight is 611 g/mol. The van der Waals surface area contributed by atoms with Crippen molar-refractivity contribution < 1.29 is 34.7 Å². The minimum atomic E-state index is -1.13. The Labute approximate surface area is 261 Å². The molecule has 9 heteroatoms. The third-order valence-electron chi connectivity index (χ3n) is 12.4. The second-order valence-electron chi connectivity index (χ2n) is 14.1. The number of ether oxygens (including phenoxy) is 2. The van der Waals surface area contributed by atoms with Gasteiger partial charge in [0, 0.05) is 28.8 Å². The minimum absolute atomic E-state index is 0.00797. The van der Waals surface area contributed by atoms with Gasteiger partial charge < -0.3 is 29.9 Å². The first-order valence-electron chi connectivity index (χ1n) is 16.0. The Morgan fingerprint density at radius 1 is 0.889 bits per heavy atom. The number of ketones is 1. The summed E-state index contributed by atoms with van der Waals surface area (Å²) < 4.78 is 12.3. The molecule has 234 valence electrons. The number of carbonyl (C=O) groups excluding carboxylic acids is 1. The molecule has 0 radical (unpaired) electrons. The number of phenolic OH excluding ortho intramolecular Hbond substituents is 1. The first kappa shape index (κ1) is 27.8. The van der Waals surface area contributed by atoms with Crippen molar-refractivity contribution in [2.24, 2.45) is 0 Å². The topological polar surface area (TPSA) is 123 Å². The number of hydrogen-bond acceptors (Lipinski definition) is 9. The number of piperidine rings is 2. The van der Waals surface area contributed by atoms with Crippen LogP contribution in [-0.2, 0) is 35.1 Å². The number of aliphatic hydroxyl groups is 3. The predicted octanol–water partition coefficient (Wildman–Crippen LogP) is 1.82. The first-order valence-corrected chi connectivity index (χ1v) is 16.0. The highest BCUT2D eigenvalue weighted by Crippen LogP contribution is 2.64. The molecule has 2 spiro atoms. The Hall–Kier alpha value is -3.47. The second kappa shape index (κ2) is 9.08. The smallest absolute Gasteiger partial charge is 0.196 e. The highest BCUT2D eigenvalue weighted by atomic mass is 16.5. The molecule has 4 bridgehead atoms. The lowest BCUT2D eigenvalue weighted by Gasteiger charge is -2.60. The van der Waals surface area contributed by atoms with Crippen molar-refractivity contribution in [3.8, 4) is 17.2 Å². The largest absolute Gasteiger partial charge is 0.504 e. The molecule has 45 heavy (non-hydrogen) atoms. The molecule has 0 aromatic heterocycles. The fourth-order valence-corrected chi connectivity index (χ4v) is 10.3. The number of likely N-dealkylation sites (tertiary alicyclic amines) is 2. The van der Waals surface area contributed by atoms with Crippen LogP contribution in [0.4, 0.5) is 0 Å². The number of aromatic hydroxyl groups is 1. The molecule has 7 atom stereocenters. The number of aliphatic hydroxyl groups excluding tert-OH is 2. The maximum absolute atomic E-state index is 12.4.